The molecule has 1 rings (SSSR count). The quantitative estimate of drug-likeness (QED) is 0.659. The third kappa shape index (κ3) is 5.81. The van der Waals surface area contributed by atoms with Gasteiger partial charge in [-0.05, 0) is 37.6 Å². The summed E-state index contributed by atoms with van der Waals surface area (Å²) in [5.41, 5.74) is 0.378. The first-order chi connectivity index (χ1) is 9.80. The SMILES string of the molecule is CCS(=O)(=O)NCCCNS(=O)(=O)c1ccc(C#N)cc1. The second-order valence-corrected chi connectivity index (χ2v) is 8.05. The Morgan fingerprint density at radius 3 is 2.14 bits per heavy atom. The van der Waals surface area contributed by atoms with Crippen LogP contribution in [0.5, 0.6) is 0 Å². The maximum absolute atomic E-state index is 11.9. The van der Waals surface area contributed by atoms with E-state index in [2.05, 4.69) is 9.44 Å². The van der Waals surface area contributed by atoms with Crippen LogP contribution in [0.1, 0.15) is 18.9 Å². The number of hydrogen-bond donors (Lipinski definition) is 2. The van der Waals surface area contributed by atoms with Gasteiger partial charge in [0.25, 0.3) is 0 Å². The van der Waals surface area contributed by atoms with Crippen molar-refractivity contribution in [2.24, 2.45) is 0 Å². The fourth-order valence-corrected chi connectivity index (χ4v) is 3.15. The monoisotopic (exact) mass is 331 g/mol. The van der Waals surface area contributed by atoms with Gasteiger partial charge >= 0.3 is 0 Å². The molecule has 0 saturated carbocycles. The van der Waals surface area contributed by atoms with Crippen molar-refractivity contribution >= 4 is 20.0 Å². The van der Waals surface area contributed by atoms with Crippen LogP contribution in [-0.2, 0) is 20.0 Å². The molecule has 0 aromatic heterocycles. The molecule has 0 saturated heterocycles. The highest BCUT2D eigenvalue weighted by Crippen LogP contribution is 2.09. The predicted molar refractivity (Wildman–Crippen MR) is 78.4 cm³/mol. The zero-order chi connectivity index (χ0) is 15.9. The number of benzene rings is 1. The van der Waals surface area contributed by atoms with E-state index in [0.717, 1.165) is 0 Å². The summed E-state index contributed by atoms with van der Waals surface area (Å²) in [7, 11) is -6.90. The molecule has 0 unspecified atom stereocenters. The van der Waals surface area contributed by atoms with E-state index >= 15 is 0 Å². The van der Waals surface area contributed by atoms with Gasteiger partial charge in [-0.2, -0.15) is 5.26 Å². The molecule has 0 aliphatic rings. The first-order valence-corrected chi connectivity index (χ1v) is 9.41. The van der Waals surface area contributed by atoms with Crippen molar-refractivity contribution in [3.8, 4) is 6.07 Å². The lowest BCUT2D eigenvalue weighted by atomic mass is 10.2. The molecule has 0 amide bonds. The molecule has 0 bridgehead atoms. The van der Waals surface area contributed by atoms with Crippen LogP contribution in [0.4, 0.5) is 0 Å². The summed E-state index contributed by atoms with van der Waals surface area (Å²) >= 11 is 0. The molecule has 0 spiro atoms. The Labute approximate surface area is 125 Å². The summed E-state index contributed by atoms with van der Waals surface area (Å²) in [6.45, 7) is 1.82. The summed E-state index contributed by atoms with van der Waals surface area (Å²) in [4.78, 5) is 0.0654. The molecule has 0 atom stereocenters. The minimum absolute atomic E-state index is 0.00995. The summed E-state index contributed by atoms with van der Waals surface area (Å²) in [5, 5.41) is 8.65. The van der Waals surface area contributed by atoms with Crippen molar-refractivity contribution in [3.63, 3.8) is 0 Å². The van der Waals surface area contributed by atoms with Crippen molar-refractivity contribution in [1.82, 2.24) is 9.44 Å². The van der Waals surface area contributed by atoms with Gasteiger partial charge in [0, 0.05) is 13.1 Å². The Morgan fingerprint density at radius 2 is 1.62 bits per heavy atom. The van der Waals surface area contributed by atoms with Gasteiger partial charge in [-0.15, -0.1) is 0 Å². The fraction of sp³-hybridized carbons (Fsp3) is 0.417. The number of nitrogens with zero attached hydrogens (tertiary/aromatic N) is 1. The Kier molecular flexibility index (Phi) is 6.29. The molecule has 0 radical (unpaired) electrons. The molecule has 9 heteroatoms. The van der Waals surface area contributed by atoms with E-state index in [1.165, 1.54) is 31.2 Å². The van der Waals surface area contributed by atoms with E-state index < -0.39 is 20.0 Å². The number of sulfonamides is 2. The minimum atomic E-state index is -3.64. The first-order valence-electron chi connectivity index (χ1n) is 6.28. The van der Waals surface area contributed by atoms with Gasteiger partial charge in [-0.3, -0.25) is 0 Å². The number of hydrogen-bond acceptors (Lipinski definition) is 5. The van der Waals surface area contributed by atoms with Gasteiger partial charge in [-0.25, -0.2) is 26.3 Å². The molecule has 2 N–H and O–H groups in total. The maximum Gasteiger partial charge on any atom is 0.240 e. The van der Waals surface area contributed by atoms with E-state index in [9.17, 15) is 16.8 Å². The second-order valence-electron chi connectivity index (χ2n) is 4.19. The molecule has 0 aliphatic carbocycles. The van der Waals surface area contributed by atoms with Crippen LogP contribution < -0.4 is 9.44 Å². The van der Waals surface area contributed by atoms with Crippen LogP contribution in [0.3, 0.4) is 0 Å². The molecule has 21 heavy (non-hydrogen) atoms. The lowest BCUT2D eigenvalue weighted by Gasteiger charge is -2.07. The Hall–Kier alpha value is -1.47. The molecular weight excluding hydrogens is 314 g/mol. The Balaban J connectivity index is 2.48. The second kappa shape index (κ2) is 7.51. The van der Waals surface area contributed by atoms with Gasteiger partial charge in [0.15, 0.2) is 0 Å². The maximum atomic E-state index is 11.9. The van der Waals surface area contributed by atoms with E-state index in [4.69, 9.17) is 5.26 Å². The van der Waals surface area contributed by atoms with Crippen molar-refractivity contribution in [2.45, 2.75) is 18.2 Å². The van der Waals surface area contributed by atoms with Crippen molar-refractivity contribution < 1.29 is 16.8 Å². The van der Waals surface area contributed by atoms with Crippen LogP contribution in [0.25, 0.3) is 0 Å². The van der Waals surface area contributed by atoms with Crippen molar-refractivity contribution in [2.75, 3.05) is 18.8 Å². The zero-order valence-electron chi connectivity index (χ0n) is 11.5. The lowest BCUT2D eigenvalue weighted by molar-refractivity contribution is 0.573. The predicted octanol–water partition coefficient (Wildman–Crippen LogP) is 0.166. The standard InChI is InChI=1S/C12H17N3O4S2/c1-2-20(16,17)14-8-3-9-15-21(18,19)12-6-4-11(10-13)5-7-12/h4-7,14-15H,2-3,8-9H2,1H3. The van der Waals surface area contributed by atoms with Crippen LogP contribution >= 0.6 is 0 Å². The lowest BCUT2D eigenvalue weighted by Crippen LogP contribution is -2.30. The Morgan fingerprint density at radius 1 is 1.05 bits per heavy atom. The smallest absolute Gasteiger partial charge is 0.215 e. The van der Waals surface area contributed by atoms with Crippen LogP contribution in [0.15, 0.2) is 29.2 Å². The normalized spacial score (nSPS) is 12.0. The zero-order valence-corrected chi connectivity index (χ0v) is 13.2. The van der Waals surface area contributed by atoms with Gasteiger partial charge < -0.3 is 0 Å². The molecule has 0 aliphatic heterocycles. The summed E-state index contributed by atoms with van der Waals surface area (Å²) < 4.78 is 50.9. The van der Waals surface area contributed by atoms with Gasteiger partial charge in [0.2, 0.25) is 20.0 Å². The highest BCUT2D eigenvalue weighted by molar-refractivity contribution is 7.89. The van der Waals surface area contributed by atoms with Gasteiger partial charge in [-0.1, -0.05) is 0 Å². The highest BCUT2D eigenvalue weighted by atomic mass is 32.2. The number of nitrogens with one attached hydrogen (secondary N) is 2. The third-order valence-electron chi connectivity index (χ3n) is 2.64. The Bertz CT molecular complexity index is 704. The average molecular weight is 331 g/mol. The van der Waals surface area contributed by atoms with Crippen LogP contribution in [-0.4, -0.2) is 35.7 Å². The number of rotatable bonds is 8. The van der Waals surface area contributed by atoms with E-state index in [-0.39, 0.29) is 23.7 Å². The number of nitriles is 1. The summed E-state index contributed by atoms with van der Waals surface area (Å²) in [6.07, 6.45) is 0.342. The van der Waals surface area contributed by atoms with E-state index in [1.807, 2.05) is 6.07 Å². The molecule has 7 nitrogen and oxygen atoms in total. The summed E-state index contributed by atoms with van der Waals surface area (Å²) in [5.74, 6) is -0.00995. The molecular formula is C12H17N3O4S2. The highest BCUT2D eigenvalue weighted by Gasteiger charge is 2.13. The minimum Gasteiger partial charge on any atom is -0.215 e. The molecule has 0 heterocycles. The molecule has 1 aromatic rings. The largest absolute Gasteiger partial charge is 0.240 e. The van der Waals surface area contributed by atoms with Crippen molar-refractivity contribution in [3.05, 3.63) is 29.8 Å². The molecule has 0 fully saturated rings. The van der Waals surface area contributed by atoms with Gasteiger partial charge in [0.1, 0.15) is 0 Å². The molecule has 1 aromatic carbocycles. The topological polar surface area (TPSA) is 116 Å². The third-order valence-corrected chi connectivity index (χ3v) is 5.52. The molecule has 116 valence electrons. The van der Waals surface area contributed by atoms with Crippen LogP contribution in [0.2, 0.25) is 0 Å². The van der Waals surface area contributed by atoms with E-state index in [0.29, 0.717) is 12.0 Å². The van der Waals surface area contributed by atoms with Gasteiger partial charge in [0.05, 0.1) is 22.3 Å². The van der Waals surface area contributed by atoms with Crippen molar-refractivity contribution in [1.29, 1.82) is 5.26 Å². The van der Waals surface area contributed by atoms with Crippen LogP contribution in [0, 0.1) is 11.3 Å². The fourth-order valence-electron chi connectivity index (χ4n) is 1.42. The first kappa shape index (κ1) is 17.6. The van der Waals surface area contributed by atoms with E-state index in [1.54, 1.807) is 0 Å². The average Bonchev–Trinajstić information content (AvgIpc) is 2.46. The summed E-state index contributed by atoms with van der Waals surface area (Å²) in [6, 6.07) is 7.44.